The quantitative estimate of drug-likeness (QED) is 0.731. The molecule has 1 aliphatic heterocycles. The summed E-state index contributed by atoms with van der Waals surface area (Å²) in [6, 6.07) is 0. The lowest BCUT2D eigenvalue weighted by Gasteiger charge is -2.36. The third kappa shape index (κ3) is 2.74. The van der Waals surface area contributed by atoms with Gasteiger partial charge in [-0.05, 0) is 42.8 Å². The molecule has 0 N–H and O–H groups in total. The van der Waals surface area contributed by atoms with E-state index in [0.29, 0.717) is 5.41 Å². The summed E-state index contributed by atoms with van der Waals surface area (Å²) in [5.41, 5.74) is 0.613. The van der Waals surface area contributed by atoms with Crippen LogP contribution in [0.5, 0.6) is 0 Å². The second-order valence-corrected chi connectivity index (χ2v) is 6.49. The van der Waals surface area contributed by atoms with Gasteiger partial charge in [-0.25, -0.2) is 0 Å². The van der Waals surface area contributed by atoms with Crippen molar-refractivity contribution >= 4 is 12.6 Å². The van der Waals surface area contributed by atoms with Crippen molar-refractivity contribution in [1.82, 2.24) is 9.80 Å². The molecule has 0 aromatic carbocycles. The molecule has 16 heavy (non-hydrogen) atoms. The van der Waals surface area contributed by atoms with Crippen LogP contribution in [0.25, 0.3) is 0 Å². The lowest BCUT2D eigenvalue weighted by molar-refractivity contribution is 0.114. The molecule has 0 aromatic heterocycles. The van der Waals surface area contributed by atoms with Crippen molar-refractivity contribution in [2.75, 3.05) is 45.0 Å². The third-order valence-electron chi connectivity index (χ3n) is 4.53. The van der Waals surface area contributed by atoms with Crippen LogP contribution in [-0.2, 0) is 0 Å². The second-order valence-electron chi connectivity index (χ2n) is 6.18. The van der Waals surface area contributed by atoms with E-state index in [1.165, 1.54) is 65.0 Å². The summed E-state index contributed by atoms with van der Waals surface area (Å²) in [6.07, 6.45) is 5.81. The van der Waals surface area contributed by atoms with Crippen molar-refractivity contribution in [2.24, 2.45) is 11.3 Å². The molecule has 3 aliphatic rings. The van der Waals surface area contributed by atoms with E-state index in [1.54, 1.807) is 0 Å². The molecule has 0 radical (unpaired) electrons. The van der Waals surface area contributed by atoms with E-state index in [1.807, 2.05) is 0 Å². The van der Waals surface area contributed by atoms with Crippen LogP contribution in [0.4, 0.5) is 0 Å². The van der Waals surface area contributed by atoms with Gasteiger partial charge in [0.25, 0.3) is 0 Å². The smallest absolute Gasteiger partial charge is 0.0110 e. The number of rotatable bonds is 5. The van der Waals surface area contributed by atoms with Crippen molar-refractivity contribution in [3.05, 3.63) is 0 Å². The zero-order valence-electron chi connectivity index (χ0n) is 10.2. The first-order valence-electron chi connectivity index (χ1n) is 6.85. The molecule has 0 amide bonds. The first kappa shape index (κ1) is 11.4. The van der Waals surface area contributed by atoms with Crippen LogP contribution in [0.1, 0.15) is 25.7 Å². The molecule has 0 aromatic rings. The minimum absolute atomic E-state index is 0.613. The Morgan fingerprint density at radius 1 is 1.00 bits per heavy atom. The molecule has 3 rings (SSSR count). The molecule has 2 nitrogen and oxygen atoms in total. The van der Waals surface area contributed by atoms with E-state index in [0.717, 1.165) is 11.7 Å². The lowest BCUT2D eigenvalue weighted by Crippen LogP contribution is -2.48. The molecule has 1 saturated heterocycles. The van der Waals surface area contributed by atoms with Crippen molar-refractivity contribution in [2.45, 2.75) is 25.7 Å². The first-order chi connectivity index (χ1) is 7.80. The van der Waals surface area contributed by atoms with Crippen molar-refractivity contribution < 1.29 is 0 Å². The minimum Gasteiger partial charge on any atom is -0.301 e. The van der Waals surface area contributed by atoms with Gasteiger partial charge in [0.2, 0.25) is 0 Å². The molecule has 0 atom stereocenters. The topological polar surface area (TPSA) is 6.48 Å². The summed E-state index contributed by atoms with van der Waals surface area (Å²) in [5, 5.41) is 0. The molecule has 3 heteroatoms. The Morgan fingerprint density at radius 2 is 1.62 bits per heavy atom. The second kappa shape index (κ2) is 4.51. The standard InChI is InChI=1S/C13H24N2S/c16-11-13(3-4-13)10-15-7-5-14(6-8-15)9-12-1-2-12/h12,16H,1-11H2. The maximum Gasteiger partial charge on any atom is 0.0110 e. The van der Waals surface area contributed by atoms with E-state index in [-0.39, 0.29) is 0 Å². The van der Waals surface area contributed by atoms with Crippen LogP contribution in [0.15, 0.2) is 0 Å². The highest BCUT2D eigenvalue weighted by Gasteiger charge is 2.42. The van der Waals surface area contributed by atoms with Gasteiger partial charge in [-0.1, -0.05) is 0 Å². The van der Waals surface area contributed by atoms with E-state index in [4.69, 9.17) is 0 Å². The number of hydrogen-bond acceptors (Lipinski definition) is 3. The molecule has 0 bridgehead atoms. The van der Waals surface area contributed by atoms with Crippen LogP contribution in [-0.4, -0.2) is 54.8 Å². The molecule has 0 spiro atoms. The average molecular weight is 240 g/mol. The predicted molar refractivity (Wildman–Crippen MR) is 71.1 cm³/mol. The summed E-state index contributed by atoms with van der Waals surface area (Å²) in [6.45, 7) is 7.89. The van der Waals surface area contributed by atoms with Gasteiger partial charge < -0.3 is 9.80 Å². The summed E-state index contributed by atoms with van der Waals surface area (Å²) >= 11 is 4.50. The Morgan fingerprint density at radius 3 is 2.12 bits per heavy atom. The fourth-order valence-corrected chi connectivity index (χ4v) is 3.23. The highest BCUT2D eigenvalue weighted by atomic mass is 32.1. The molecule has 92 valence electrons. The van der Waals surface area contributed by atoms with Crippen LogP contribution in [0.3, 0.4) is 0 Å². The molecular weight excluding hydrogens is 216 g/mol. The van der Waals surface area contributed by atoms with Crippen molar-refractivity contribution in [3.8, 4) is 0 Å². The van der Waals surface area contributed by atoms with Gasteiger partial charge in [-0.15, -0.1) is 0 Å². The maximum atomic E-state index is 4.50. The molecule has 2 aliphatic carbocycles. The van der Waals surface area contributed by atoms with Crippen LogP contribution in [0, 0.1) is 11.3 Å². The molecule has 1 heterocycles. The molecule has 2 saturated carbocycles. The third-order valence-corrected chi connectivity index (χ3v) is 5.20. The van der Waals surface area contributed by atoms with E-state index in [2.05, 4.69) is 22.4 Å². The molecular formula is C13H24N2S. The minimum atomic E-state index is 0.613. The largest absolute Gasteiger partial charge is 0.301 e. The van der Waals surface area contributed by atoms with Gasteiger partial charge in [0, 0.05) is 39.3 Å². The van der Waals surface area contributed by atoms with E-state index in [9.17, 15) is 0 Å². The SMILES string of the molecule is SCC1(CN2CCN(CC3CC3)CC2)CC1. The summed E-state index contributed by atoms with van der Waals surface area (Å²) in [5.74, 6) is 2.15. The average Bonchev–Trinajstić information content (AvgIpc) is 3.18. The Kier molecular flexibility index (Phi) is 3.20. The van der Waals surface area contributed by atoms with Gasteiger partial charge in [0.05, 0.1) is 0 Å². The van der Waals surface area contributed by atoms with Gasteiger partial charge in [-0.3, -0.25) is 0 Å². The predicted octanol–water partition coefficient (Wildman–Crippen LogP) is 1.72. The van der Waals surface area contributed by atoms with Crippen molar-refractivity contribution in [1.29, 1.82) is 0 Å². The Bertz CT molecular complexity index is 240. The monoisotopic (exact) mass is 240 g/mol. The number of nitrogens with zero attached hydrogens (tertiary/aromatic N) is 2. The molecule has 0 unspecified atom stereocenters. The maximum absolute atomic E-state index is 4.50. The van der Waals surface area contributed by atoms with Crippen LogP contribution < -0.4 is 0 Å². The van der Waals surface area contributed by atoms with E-state index >= 15 is 0 Å². The Hall–Kier alpha value is 0.270. The van der Waals surface area contributed by atoms with Gasteiger partial charge in [0.15, 0.2) is 0 Å². The van der Waals surface area contributed by atoms with Crippen molar-refractivity contribution in [3.63, 3.8) is 0 Å². The summed E-state index contributed by atoms with van der Waals surface area (Å²) in [4.78, 5) is 5.35. The fourth-order valence-electron chi connectivity index (χ4n) is 2.81. The zero-order chi connectivity index (χ0) is 11.0. The van der Waals surface area contributed by atoms with Crippen LogP contribution >= 0.6 is 12.6 Å². The summed E-state index contributed by atoms with van der Waals surface area (Å²) < 4.78 is 0. The zero-order valence-corrected chi connectivity index (χ0v) is 11.1. The Balaban J connectivity index is 1.40. The van der Waals surface area contributed by atoms with Crippen LogP contribution in [0.2, 0.25) is 0 Å². The molecule has 3 fully saturated rings. The highest BCUT2D eigenvalue weighted by Crippen LogP contribution is 2.47. The number of piperazine rings is 1. The first-order valence-corrected chi connectivity index (χ1v) is 7.49. The van der Waals surface area contributed by atoms with E-state index < -0.39 is 0 Å². The Labute approximate surface area is 105 Å². The highest BCUT2D eigenvalue weighted by molar-refractivity contribution is 7.80. The number of hydrogen-bond donors (Lipinski definition) is 1. The number of thiol groups is 1. The normalized spacial score (nSPS) is 30.6. The lowest BCUT2D eigenvalue weighted by atomic mass is 10.1. The summed E-state index contributed by atoms with van der Waals surface area (Å²) in [7, 11) is 0. The van der Waals surface area contributed by atoms with Gasteiger partial charge >= 0.3 is 0 Å². The van der Waals surface area contributed by atoms with Gasteiger partial charge in [0.1, 0.15) is 0 Å². The van der Waals surface area contributed by atoms with Gasteiger partial charge in [-0.2, -0.15) is 12.6 Å². The fraction of sp³-hybridized carbons (Fsp3) is 1.00.